The summed E-state index contributed by atoms with van der Waals surface area (Å²) in [5.74, 6) is -1.34. The summed E-state index contributed by atoms with van der Waals surface area (Å²) in [5.41, 5.74) is 2.12. The van der Waals surface area contributed by atoms with Gasteiger partial charge in [0, 0.05) is 17.0 Å². The lowest BCUT2D eigenvalue weighted by atomic mass is 10.1. The van der Waals surface area contributed by atoms with E-state index in [1.165, 1.54) is 16.0 Å². The zero-order valence-electron chi connectivity index (χ0n) is 18.5. The van der Waals surface area contributed by atoms with E-state index in [4.69, 9.17) is 9.26 Å². The van der Waals surface area contributed by atoms with E-state index < -0.39 is 17.2 Å². The number of nitrogens with zero attached hydrogens (tertiary/aromatic N) is 2. The van der Waals surface area contributed by atoms with Gasteiger partial charge in [0.15, 0.2) is 5.95 Å². The minimum atomic E-state index is -0.635. The van der Waals surface area contributed by atoms with Gasteiger partial charge in [-0.25, -0.2) is 4.79 Å². The Hall–Kier alpha value is -2.85. The number of nitrogens with one attached hydrogen (secondary N) is 1. The van der Waals surface area contributed by atoms with Crippen LogP contribution in [-0.2, 0) is 22.4 Å². The van der Waals surface area contributed by atoms with E-state index in [0.717, 1.165) is 54.3 Å². The SMILES string of the molecule is CCOC(=O)c1c(NC(=O)C(C)Sc2c([O-])on[n+]2-c2ccccc2)sc2c1CCCCC2. The molecule has 10 heteroatoms. The van der Waals surface area contributed by atoms with Crippen molar-refractivity contribution in [3.8, 4) is 11.6 Å². The fourth-order valence-electron chi connectivity index (χ4n) is 3.76. The van der Waals surface area contributed by atoms with Crippen molar-refractivity contribution in [3.05, 3.63) is 46.3 Å². The summed E-state index contributed by atoms with van der Waals surface area (Å²) in [6, 6.07) is 9.09. The lowest BCUT2D eigenvalue weighted by Gasteiger charge is -2.11. The monoisotopic (exact) mass is 487 g/mol. The second kappa shape index (κ2) is 10.4. The topological polar surface area (TPSA) is 108 Å². The van der Waals surface area contributed by atoms with E-state index >= 15 is 0 Å². The minimum Gasteiger partial charge on any atom is -0.538 e. The van der Waals surface area contributed by atoms with Crippen LogP contribution >= 0.6 is 23.1 Å². The summed E-state index contributed by atoms with van der Waals surface area (Å²) in [6.07, 6.45) is 4.89. The number of hydrogen-bond acceptors (Lipinski definition) is 8. The number of carbonyl (C=O) groups excluding carboxylic acids is 2. The van der Waals surface area contributed by atoms with Gasteiger partial charge in [0.2, 0.25) is 11.6 Å². The highest BCUT2D eigenvalue weighted by Gasteiger charge is 2.30. The van der Waals surface area contributed by atoms with Gasteiger partial charge in [-0.05, 0) is 61.5 Å². The van der Waals surface area contributed by atoms with Crippen molar-refractivity contribution >= 4 is 40.0 Å². The molecule has 0 saturated heterocycles. The molecule has 0 bridgehead atoms. The lowest BCUT2D eigenvalue weighted by molar-refractivity contribution is -0.705. The van der Waals surface area contributed by atoms with Crippen molar-refractivity contribution < 1.29 is 28.6 Å². The zero-order valence-corrected chi connectivity index (χ0v) is 20.1. The Morgan fingerprint density at radius 3 is 2.79 bits per heavy atom. The number of aromatic nitrogens is 2. The Bertz CT molecular complexity index is 1140. The van der Waals surface area contributed by atoms with Crippen molar-refractivity contribution in [3.63, 3.8) is 0 Å². The van der Waals surface area contributed by atoms with Crippen molar-refractivity contribution in [1.82, 2.24) is 5.27 Å². The number of fused-ring (bicyclic) bond motifs is 1. The molecule has 0 spiro atoms. The van der Waals surface area contributed by atoms with Crippen molar-refractivity contribution in [1.29, 1.82) is 0 Å². The molecule has 174 valence electrons. The average molecular weight is 488 g/mol. The summed E-state index contributed by atoms with van der Waals surface area (Å²) in [6.45, 7) is 3.73. The third-order valence-corrected chi connectivity index (χ3v) is 7.71. The van der Waals surface area contributed by atoms with Crippen LogP contribution in [0.25, 0.3) is 5.69 Å². The molecular weight excluding hydrogens is 462 g/mol. The molecule has 8 nitrogen and oxygen atoms in total. The maximum atomic E-state index is 13.1. The van der Waals surface area contributed by atoms with Gasteiger partial charge < -0.3 is 19.7 Å². The summed E-state index contributed by atoms with van der Waals surface area (Å²) in [7, 11) is 0. The molecule has 0 saturated carbocycles. The molecule has 2 heterocycles. The fourth-order valence-corrected chi connectivity index (χ4v) is 5.91. The van der Waals surface area contributed by atoms with Crippen LogP contribution < -0.4 is 15.1 Å². The Labute approximate surface area is 199 Å². The first-order chi connectivity index (χ1) is 16.0. The highest BCUT2D eigenvalue weighted by molar-refractivity contribution is 8.00. The van der Waals surface area contributed by atoms with Crippen LogP contribution in [-0.4, -0.2) is 29.0 Å². The van der Waals surface area contributed by atoms with Crippen LogP contribution in [0.15, 0.2) is 39.9 Å². The van der Waals surface area contributed by atoms with Crippen molar-refractivity contribution in [2.24, 2.45) is 0 Å². The van der Waals surface area contributed by atoms with Gasteiger partial charge >= 0.3 is 5.97 Å². The predicted octanol–water partition coefficient (Wildman–Crippen LogP) is 3.65. The number of carbonyl (C=O) groups is 2. The van der Waals surface area contributed by atoms with E-state index in [-0.39, 0.29) is 17.5 Å². The number of amides is 1. The first kappa shape index (κ1) is 23.3. The second-order valence-electron chi connectivity index (χ2n) is 7.65. The third kappa shape index (κ3) is 5.06. The molecule has 2 aromatic heterocycles. The molecular formula is C23H25N3O5S2. The summed E-state index contributed by atoms with van der Waals surface area (Å²) in [5, 5.41) is 19.1. The van der Waals surface area contributed by atoms with Gasteiger partial charge in [0.05, 0.1) is 22.7 Å². The number of ether oxygens (including phenoxy) is 1. The van der Waals surface area contributed by atoms with E-state index in [9.17, 15) is 14.7 Å². The van der Waals surface area contributed by atoms with Gasteiger partial charge in [-0.15, -0.1) is 11.3 Å². The molecule has 1 N–H and O–H groups in total. The normalized spacial score (nSPS) is 14.2. The summed E-state index contributed by atoms with van der Waals surface area (Å²) in [4.78, 5) is 26.9. The molecule has 33 heavy (non-hydrogen) atoms. The number of para-hydroxylation sites is 1. The molecule has 0 radical (unpaired) electrons. The number of aryl methyl sites for hydroxylation is 1. The molecule has 0 fully saturated rings. The maximum absolute atomic E-state index is 13.1. The van der Waals surface area contributed by atoms with Crippen molar-refractivity contribution in [2.75, 3.05) is 11.9 Å². The van der Waals surface area contributed by atoms with Gasteiger partial charge in [-0.3, -0.25) is 4.79 Å². The number of thiophene rings is 1. The van der Waals surface area contributed by atoms with Crippen molar-refractivity contribution in [2.45, 2.75) is 56.2 Å². The first-order valence-corrected chi connectivity index (χ1v) is 12.6. The van der Waals surface area contributed by atoms with E-state index in [1.54, 1.807) is 26.0 Å². The molecule has 1 amide bonds. The van der Waals surface area contributed by atoms with Gasteiger partial charge in [-0.2, -0.15) is 0 Å². The van der Waals surface area contributed by atoms with Crippen LogP contribution in [0.1, 0.15) is 53.9 Å². The molecule has 3 aromatic rings. The van der Waals surface area contributed by atoms with Crippen LogP contribution in [0.5, 0.6) is 5.95 Å². The largest absolute Gasteiger partial charge is 0.538 e. The van der Waals surface area contributed by atoms with Crippen LogP contribution in [0, 0.1) is 0 Å². The summed E-state index contributed by atoms with van der Waals surface area (Å²) >= 11 is 2.51. The highest BCUT2D eigenvalue weighted by atomic mass is 32.2. The highest BCUT2D eigenvalue weighted by Crippen LogP contribution is 2.38. The van der Waals surface area contributed by atoms with Gasteiger partial charge in [0.1, 0.15) is 5.00 Å². The predicted molar refractivity (Wildman–Crippen MR) is 123 cm³/mol. The molecule has 1 unspecified atom stereocenters. The van der Waals surface area contributed by atoms with E-state index in [1.807, 2.05) is 18.2 Å². The number of esters is 1. The second-order valence-corrected chi connectivity index (χ2v) is 10.1. The Kier molecular flexibility index (Phi) is 7.34. The number of hydrogen-bond donors (Lipinski definition) is 1. The number of thioether (sulfide) groups is 1. The number of benzene rings is 1. The Morgan fingerprint density at radius 1 is 1.27 bits per heavy atom. The van der Waals surface area contributed by atoms with E-state index in [2.05, 4.69) is 10.6 Å². The maximum Gasteiger partial charge on any atom is 0.341 e. The Morgan fingerprint density at radius 2 is 2.03 bits per heavy atom. The summed E-state index contributed by atoms with van der Waals surface area (Å²) < 4.78 is 11.5. The van der Waals surface area contributed by atoms with Gasteiger partial charge in [-0.1, -0.05) is 24.6 Å². The smallest absolute Gasteiger partial charge is 0.341 e. The zero-order chi connectivity index (χ0) is 23.4. The van der Waals surface area contributed by atoms with E-state index in [0.29, 0.717) is 16.3 Å². The molecule has 1 aromatic carbocycles. The van der Waals surface area contributed by atoms with Crippen LogP contribution in [0.2, 0.25) is 0 Å². The molecule has 1 atom stereocenters. The van der Waals surface area contributed by atoms with Crippen LogP contribution in [0.3, 0.4) is 0 Å². The first-order valence-electron chi connectivity index (χ1n) is 10.9. The molecule has 1 aliphatic rings. The molecule has 4 rings (SSSR count). The third-order valence-electron chi connectivity index (χ3n) is 5.37. The Balaban J connectivity index is 1.56. The van der Waals surface area contributed by atoms with Gasteiger partial charge in [0.25, 0.3) is 5.03 Å². The minimum absolute atomic E-state index is 0.205. The average Bonchev–Trinajstić information content (AvgIpc) is 3.25. The number of rotatable bonds is 7. The quantitative estimate of drug-likeness (QED) is 0.234. The lowest BCUT2D eigenvalue weighted by Crippen LogP contribution is -2.36. The molecule has 1 aliphatic carbocycles. The fraction of sp³-hybridized carbons (Fsp3) is 0.391. The number of anilines is 1. The standard InChI is InChI=1S/C23H25N3O5S2/c1-3-30-22(28)18-16-12-8-5-9-13-17(16)33-20(18)24-19(27)14(2)32-21-23(29)31-25-26(21)15-10-6-4-7-11-15/h4,6-7,10-11,14H,3,5,8-9,12-13H2,1-2H3,(H-,24,25,27,28,29). The molecule has 0 aliphatic heterocycles. The van der Waals surface area contributed by atoms with Crippen LogP contribution in [0.4, 0.5) is 5.00 Å².